The Morgan fingerprint density at radius 3 is 2.48 bits per heavy atom. The molecule has 0 N–H and O–H groups in total. The van der Waals surface area contributed by atoms with Crippen molar-refractivity contribution in [1.29, 1.82) is 0 Å². The van der Waals surface area contributed by atoms with E-state index < -0.39 is 40.1 Å². The third-order valence-corrected chi connectivity index (χ3v) is 7.14. The van der Waals surface area contributed by atoms with Gasteiger partial charge in [0, 0.05) is 19.3 Å². The summed E-state index contributed by atoms with van der Waals surface area (Å²) in [4.78, 5) is 24.4. The molecule has 3 atom stereocenters. The summed E-state index contributed by atoms with van der Waals surface area (Å²) in [6.45, 7) is 6.69. The van der Waals surface area contributed by atoms with Crippen molar-refractivity contribution in [2.24, 2.45) is 5.92 Å². The number of cyclic esters (lactones) is 1. The molecule has 2 aromatic carbocycles. The van der Waals surface area contributed by atoms with Crippen LogP contribution in [0.3, 0.4) is 0 Å². The zero-order valence-corrected chi connectivity index (χ0v) is 19.4. The Labute approximate surface area is 194 Å². The number of aryl methyl sites for hydroxylation is 1. The molecule has 7 nitrogen and oxygen atoms in total. The summed E-state index contributed by atoms with van der Waals surface area (Å²) >= 11 is 0. The second-order valence-corrected chi connectivity index (χ2v) is 9.59. The summed E-state index contributed by atoms with van der Waals surface area (Å²) in [5, 5.41) is 0. The lowest BCUT2D eigenvalue weighted by molar-refractivity contribution is -0.148. The molecular weight excluding hydrogens is 442 g/mol. The lowest BCUT2D eigenvalue weighted by atomic mass is 9.91. The van der Waals surface area contributed by atoms with Crippen LogP contribution in [0, 0.1) is 12.8 Å². The van der Waals surface area contributed by atoms with Crippen molar-refractivity contribution in [3.63, 3.8) is 0 Å². The van der Waals surface area contributed by atoms with Crippen molar-refractivity contribution in [2.45, 2.75) is 37.3 Å². The maximum atomic E-state index is 13.4. The number of hydrogen-bond acceptors (Lipinski definition) is 6. The molecule has 33 heavy (non-hydrogen) atoms. The van der Waals surface area contributed by atoms with Crippen LogP contribution in [0.15, 0.2) is 78.2 Å². The van der Waals surface area contributed by atoms with E-state index in [0.717, 1.165) is 15.4 Å². The molecule has 174 valence electrons. The first kappa shape index (κ1) is 24.3. The van der Waals surface area contributed by atoms with E-state index in [-0.39, 0.29) is 17.9 Å². The van der Waals surface area contributed by atoms with Gasteiger partial charge in [-0.1, -0.05) is 66.3 Å². The maximum Gasteiger partial charge on any atom is 0.424 e. The van der Waals surface area contributed by atoms with Crippen molar-refractivity contribution in [2.75, 3.05) is 6.61 Å². The highest BCUT2D eigenvalue weighted by Gasteiger charge is 2.48. The Balaban J connectivity index is 2.05. The summed E-state index contributed by atoms with van der Waals surface area (Å²) < 4.78 is 38.3. The molecule has 1 fully saturated rings. The van der Waals surface area contributed by atoms with E-state index in [4.69, 9.17) is 9.47 Å². The molecule has 0 spiro atoms. The fourth-order valence-corrected chi connectivity index (χ4v) is 5.25. The monoisotopic (exact) mass is 469 g/mol. The smallest absolute Gasteiger partial charge is 0.424 e. The van der Waals surface area contributed by atoms with Gasteiger partial charge in [-0.05, 0) is 24.6 Å². The molecule has 8 heteroatoms. The van der Waals surface area contributed by atoms with Crippen molar-refractivity contribution in [1.82, 2.24) is 4.31 Å². The number of rotatable bonds is 9. The summed E-state index contributed by atoms with van der Waals surface area (Å²) in [6, 6.07) is 14.7. The zero-order chi connectivity index (χ0) is 24.0. The molecule has 1 amide bonds. The van der Waals surface area contributed by atoms with Crippen molar-refractivity contribution < 1.29 is 27.5 Å². The van der Waals surface area contributed by atoms with Crippen LogP contribution in [-0.4, -0.2) is 43.5 Å². The largest absolute Gasteiger partial charge is 0.462 e. The molecule has 2 aromatic rings. The fourth-order valence-electron chi connectivity index (χ4n) is 3.74. The van der Waals surface area contributed by atoms with E-state index in [1.165, 1.54) is 19.1 Å². The lowest BCUT2D eigenvalue weighted by Gasteiger charge is -2.31. The Bertz CT molecular complexity index is 1130. The van der Waals surface area contributed by atoms with Gasteiger partial charge < -0.3 is 9.47 Å². The standard InChI is InChI=1S/C25H27NO6S/c1-4-8-24(32-19(3)27)22(16-13-20-9-6-5-7-10-20)23-17-31-25(28)26(23)33(29,30)21-14-11-18(2)12-15-21/h4-7,9-16,22-24H,1,8,17H2,2-3H3/b16-13+/t22-,23-,24+/m0/s1. The zero-order valence-electron chi connectivity index (χ0n) is 18.6. The second kappa shape index (κ2) is 10.5. The molecule has 0 aromatic heterocycles. The molecule has 1 heterocycles. The van der Waals surface area contributed by atoms with E-state index in [0.29, 0.717) is 0 Å². The van der Waals surface area contributed by atoms with Gasteiger partial charge in [0.25, 0.3) is 10.0 Å². The molecule has 1 saturated heterocycles. The highest BCUT2D eigenvalue weighted by Crippen LogP contribution is 2.32. The number of carbonyl (C=O) groups is 2. The van der Waals surface area contributed by atoms with Gasteiger partial charge in [-0.2, -0.15) is 4.31 Å². The number of esters is 1. The van der Waals surface area contributed by atoms with Gasteiger partial charge >= 0.3 is 12.1 Å². The second-order valence-electron chi connectivity index (χ2n) is 7.78. The van der Waals surface area contributed by atoms with Crippen LogP contribution in [0.2, 0.25) is 0 Å². The van der Waals surface area contributed by atoms with Crippen LogP contribution in [-0.2, 0) is 24.3 Å². The number of amides is 1. The summed E-state index contributed by atoms with van der Waals surface area (Å²) in [5.74, 6) is -1.18. The highest BCUT2D eigenvalue weighted by atomic mass is 32.2. The molecule has 3 rings (SSSR count). The number of carbonyl (C=O) groups excluding carboxylic acids is 2. The van der Waals surface area contributed by atoms with Crippen LogP contribution in [0.25, 0.3) is 6.08 Å². The Morgan fingerprint density at radius 2 is 1.88 bits per heavy atom. The SMILES string of the molecule is C=CC[C@@H](OC(C)=O)[C@@H](/C=C/c1ccccc1)[C@@H]1COC(=O)N1S(=O)(=O)c1ccc(C)cc1. The first-order chi connectivity index (χ1) is 15.7. The van der Waals surface area contributed by atoms with Gasteiger partial charge in [-0.25, -0.2) is 13.2 Å². The van der Waals surface area contributed by atoms with E-state index in [1.807, 2.05) is 43.3 Å². The molecule has 0 bridgehead atoms. The normalized spacial score (nSPS) is 18.1. The van der Waals surface area contributed by atoms with Crippen LogP contribution >= 0.6 is 0 Å². The fraction of sp³-hybridized carbons (Fsp3) is 0.280. The molecule has 0 saturated carbocycles. The van der Waals surface area contributed by atoms with E-state index in [1.54, 1.807) is 24.3 Å². The molecule has 0 radical (unpaired) electrons. The minimum atomic E-state index is -4.20. The number of hydrogen-bond donors (Lipinski definition) is 0. The average Bonchev–Trinajstić information content (AvgIpc) is 3.16. The Kier molecular flexibility index (Phi) is 7.71. The molecule has 0 aliphatic carbocycles. The maximum absolute atomic E-state index is 13.4. The Hall–Kier alpha value is -3.39. The van der Waals surface area contributed by atoms with Crippen LogP contribution in [0.4, 0.5) is 4.79 Å². The quantitative estimate of drug-likeness (QED) is 0.401. The van der Waals surface area contributed by atoms with Gasteiger partial charge in [0.05, 0.1) is 10.9 Å². The first-order valence-electron chi connectivity index (χ1n) is 10.5. The van der Waals surface area contributed by atoms with Gasteiger partial charge in [-0.15, -0.1) is 6.58 Å². The number of ether oxygens (including phenoxy) is 2. The van der Waals surface area contributed by atoms with E-state index >= 15 is 0 Å². The van der Waals surface area contributed by atoms with Crippen LogP contribution in [0.1, 0.15) is 24.5 Å². The van der Waals surface area contributed by atoms with Crippen LogP contribution in [0.5, 0.6) is 0 Å². The number of sulfonamides is 1. The van der Waals surface area contributed by atoms with Crippen molar-refractivity contribution in [3.8, 4) is 0 Å². The number of nitrogens with zero attached hydrogens (tertiary/aromatic N) is 1. The predicted octanol–water partition coefficient (Wildman–Crippen LogP) is 4.34. The highest BCUT2D eigenvalue weighted by molar-refractivity contribution is 7.89. The Morgan fingerprint density at radius 1 is 1.21 bits per heavy atom. The lowest BCUT2D eigenvalue weighted by Crippen LogP contribution is -2.46. The van der Waals surface area contributed by atoms with E-state index in [9.17, 15) is 18.0 Å². The summed E-state index contributed by atoms with van der Waals surface area (Å²) in [7, 11) is -4.20. The molecular formula is C25H27NO6S. The topological polar surface area (TPSA) is 90.0 Å². The van der Waals surface area contributed by atoms with Crippen molar-refractivity contribution >= 4 is 28.2 Å². The summed E-state index contributed by atoms with van der Waals surface area (Å²) in [5.41, 5.74) is 1.76. The van der Waals surface area contributed by atoms with Gasteiger partial charge in [0.1, 0.15) is 12.7 Å². The molecule has 1 aliphatic rings. The molecule has 0 unspecified atom stereocenters. The van der Waals surface area contributed by atoms with Crippen molar-refractivity contribution in [3.05, 3.63) is 84.5 Å². The first-order valence-corrected chi connectivity index (χ1v) is 12.0. The van der Waals surface area contributed by atoms with Crippen LogP contribution < -0.4 is 0 Å². The predicted molar refractivity (Wildman–Crippen MR) is 125 cm³/mol. The minimum Gasteiger partial charge on any atom is -0.462 e. The molecule has 1 aliphatic heterocycles. The average molecular weight is 470 g/mol. The van der Waals surface area contributed by atoms with Gasteiger partial charge in [-0.3, -0.25) is 4.79 Å². The number of benzene rings is 2. The minimum absolute atomic E-state index is 0.0181. The summed E-state index contributed by atoms with van der Waals surface area (Å²) in [6.07, 6.45) is 3.73. The third-order valence-electron chi connectivity index (χ3n) is 5.34. The van der Waals surface area contributed by atoms with E-state index in [2.05, 4.69) is 6.58 Å². The van der Waals surface area contributed by atoms with Gasteiger partial charge in [0.2, 0.25) is 0 Å². The van der Waals surface area contributed by atoms with Gasteiger partial charge in [0.15, 0.2) is 0 Å². The third kappa shape index (κ3) is 5.70.